The average molecular weight is 295 g/mol. The maximum Gasteiger partial charge on any atom is 0.343 e. The predicted octanol–water partition coefficient (Wildman–Crippen LogP) is 1.46. The predicted molar refractivity (Wildman–Crippen MR) is 70.4 cm³/mol. The molecule has 1 aliphatic rings. The van der Waals surface area contributed by atoms with Crippen LogP contribution in [-0.2, 0) is 4.74 Å². The molecule has 10 nitrogen and oxygen atoms in total. The third kappa shape index (κ3) is 3.23. The number of carbonyl (C=O) groups excluding carboxylic acids is 1. The Labute approximate surface area is 119 Å². The number of hydrogen-bond donors (Lipinski definition) is 2. The maximum atomic E-state index is 11.6. The monoisotopic (exact) mass is 295 g/mol. The van der Waals surface area contributed by atoms with Gasteiger partial charge in [-0.3, -0.25) is 10.1 Å². The molecule has 1 aromatic carbocycles. The summed E-state index contributed by atoms with van der Waals surface area (Å²) in [7, 11) is 1.36. The Kier molecular flexibility index (Phi) is 4.28. The Bertz CT molecular complexity index is 574. The number of anilines is 1. The Morgan fingerprint density at radius 2 is 2.29 bits per heavy atom. The first-order valence-corrected chi connectivity index (χ1v) is 5.98. The molecule has 0 atom stereocenters. The Morgan fingerprint density at radius 1 is 1.57 bits per heavy atom. The van der Waals surface area contributed by atoms with Crippen LogP contribution in [-0.4, -0.2) is 37.3 Å². The summed E-state index contributed by atoms with van der Waals surface area (Å²) in [5.74, 6) is 0.213. The first-order valence-electron chi connectivity index (χ1n) is 5.98. The third-order valence-electron chi connectivity index (χ3n) is 2.75. The highest BCUT2D eigenvalue weighted by atomic mass is 16.6. The second kappa shape index (κ2) is 6.13. The summed E-state index contributed by atoms with van der Waals surface area (Å²) in [5.41, 5.74) is 6.83. The van der Waals surface area contributed by atoms with Crippen LogP contribution in [0.1, 0.15) is 0 Å². The molecule has 1 aromatic rings. The van der Waals surface area contributed by atoms with Crippen molar-refractivity contribution in [1.29, 1.82) is 5.53 Å². The smallest absolute Gasteiger partial charge is 0.343 e. The van der Waals surface area contributed by atoms with Gasteiger partial charge in [-0.2, -0.15) is 10.5 Å². The van der Waals surface area contributed by atoms with Crippen LogP contribution in [0.15, 0.2) is 23.4 Å². The quantitative estimate of drug-likeness (QED) is 0.482. The van der Waals surface area contributed by atoms with Gasteiger partial charge < -0.3 is 14.8 Å². The minimum atomic E-state index is -0.691. The van der Waals surface area contributed by atoms with Crippen molar-refractivity contribution in [2.24, 2.45) is 5.22 Å². The molecule has 0 spiro atoms. The molecule has 112 valence electrons. The number of ether oxygens (including phenoxy) is 2. The summed E-state index contributed by atoms with van der Waals surface area (Å²) >= 11 is 0. The van der Waals surface area contributed by atoms with E-state index in [1.165, 1.54) is 19.2 Å². The number of carbonyl (C=O) groups is 1. The number of hydrogen-bond acceptors (Lipinski definition) is 7. The van der Waals surface area contributed by atoms with Gasteiger partial charge in [-0.25, -0.2) is 4.79 Å². The zero-order valence-corrected chi connectivity index (χ0v) is 11.1. The number of nitro groups is 1. The van der Waals surface area contributed by atoms with Gasteiger partial charge in [0, 0.05) is 19.2 Å². The number of nitro benzene ring substituents is 1. The largest absolute Gasteiger partial charge is 0.485 e. The van der Waals surface area contributed by atoms with Gasteiger partial charge in [-0.1, -0.05) is 5.22 Å². The molecule has 1 heterocycles. The minimum Gasteiger partial charge on any atom is -0.485 e. The molecule has 1 fully saturated rings. The Balaban J connectivity index is 2.35. The molecule has 0 radical (unpaired) electrons. The number of urea groups is 1. The van der Waals surface area contributed by atoms with Crippen LogP contribution >= 0.6 is 0 Å². The number of rotatable bonds is 5. The van der Waals surface area contributed by atoms with E-state index in [0.29, 0.717) is 18.2 Å². The molecule has 2 rings (SSSR count). The third-order valence-corrected chi connectivity index (χ3v) is 2.75. The van der Waals surface area contributed by atoms with Crippen molar-refractivity contribution in [2.75, 3.05) is 25.3 Å². The number of nitrogens with zero attached hydrogens (tertiary/aromatic N) is 3. The molecule has 0 aliphatic carbocycles. The first kappa shape index (κ1) is 14.7. The molecule has 0 aromatic heterocycles. The van der Waals surface area contributed by atoms with Crippen LogP contribution < -0.4 is 15.1 Å². The van der Waals surface area contributed by atoms with E-state index in [4.69, 9.17) is 15.0 Å². The molecule has 1 aliphatic heterocycles. The number of benzene rings is 1. The van der Waals surface area contributed by atoms with Gasteiger partial charge in [0.15, 0.2) is 0 Å². The fraction of sp³-hybridized carbons (Fsp3) is 0.364. The van der Waals surface area contributed by atoms with Gasteiger partial charge in [0.2, 0.25) is 0 Å². The van der Waals surface area contributed by atoms with Gasteiger partial charge in [0.05, 0.1) is 29.9 Å². The molecule has 2 amide bonds. The van der Waals surface area contributed by atoms with E-state index in [0.717, 1.165) is 6.07 Å². The van der Waals surface area contributed by atoms with Crippen LogP contribution in [0, 0.1) is 15.6 Å². The summed E-state index contributed by atoms with van der Waals surface area (Å²) in [5, 5.41) is 17.0. The lowest BCUT2D eigenvalue weighted by Crippen LogP contribution is -2.38. The van der Waals surface area contributed by atoms with E-state index in [9.17, 15) is 14.9 Å². The first-order chi connectivity index (χ1) is 10.0. The molecule has 0 unspecified atom stereocenters. The van der Waals surface area contributed by atoms with Crippen LogP contribution in [0.2, 0.25) is 0 Å². The second-order valence-corrected chi connectivity index (χ2v) is 4.19. The summed E-state index contributed by atoms with van der Waals surface area (Å²) in [6.07, 6.45) is -0.179. The SMILES string of the molecule is CNC(=O)N(N=N)c1cc(OC2COC2)cc([N+](=O)[O-])c1. The van der Waals surface area contributed by atoms with Crippen molar-refractivity contribution >= 4 is 17.4 Å². The lowest BCUT2D eigenvalue weighted by atomic mass is 10.2. The molecule has 0 bridgehead atoms. The van der Waals surface area contributed by atoms with Gasteiger partial charge in [-0.15, -0.1) is 0 Å². The molecular formula is C11H13N5O5. The number of nitrogens with one attached hydrogen (secondary N) is 2. The van der Waals surface area contributed by atoms with Crippen molar-refractivity contribution in [3.8, 4) is 5.75 Å². The van der Waals surface area contributed by atoms with Crippen molar-refractivity contribution in [2.45, 2.75) is 6.10 Å². The number of non-ortho nitro benzene ring substituents is 1. The van der Waals surface area contributed by atoms with Gasteiger partial charge >= 0.3 is 6.03 Å². The normalized spacial score (nSPS) is 14.0. The maximum absolute atomic E-state index is 11.6. The molecular weight excluding hydrogens is 282 g/mol. The lowest BCUT2D eigenvalue weighted by molar-refractivity contribution is -0.384. The van der Waals surface area contributed by atoms with E-state index < -0.39 is 11.0 Å². The molecule has 0 saturated carbocycles. The Morgan fingerprint density at radius 3 is 2.76 bits per heavy atom. The van der Waals surface area contributed by atoms with E-state index >= 15 is 0 Å². The second-order valence-electron chi connectivity index (χ2n) is 4.19. The topological polar surface area (TPSA) is 130 Å². The fourth-order valence-corrected chi connectivity index (χ4v) is 1.66. The van der Waals surface area contributed by atoms with Gasteiger partial charge in [-0.05, 0) is 0 Å². The zero-order chi connectivity index (χ0) is 15.4. The van der Waals surface area contributed by atoms with Crippen LogP contribution in [0.3, 0.4) is 0 Å². The molecule has 10 heteroatoms. The van der Waals surface area contributed by atoms with Crippen molar-refractivity contribution < 1.29 is 19.2 Å². The highest BCUT2D eigenvalue weighted by molar-refractivity contribution is 5.91. The fourth-order valence-electron chi connectivity index (χ4n) is 1.66. The summed E-state index contributed by atoms with van der Waals surface area (Å²) in [4.78, 5) is 21.9. The lowest BCUT2D eigenvalue weighted by Gasteiger charge is -2.27. The summed E-state index contributed by atoms with van der Waals surface area (Å²) < 4.78 is 10.5. The Hall–Kier alpha value is -2.75. The van der Waals surface area contributed by atoms with E-state index in [2.05, 4.69) is 10.5 Å². The van der Waals surface area contributed by atoms with Crippen LogP contribution in [0.4, 0.5) is 16.2 Å². The van der Waals surface area contributed by atoms with Gasteiger partial charge in [0.25, 0.3) is 5.69 Å². The standard InChI is InChI=1S/C11H13N5O5/c1-13-11(17)15(14-12)7-2-8(16(18)19)4-9(3-7)21-10-5-20-6-10/h2-4,10,12H,5-6H2,1H3,(H,13,17). The molecule has 2 N–H and O–H groups in total. The van der Waals surface area contributed by atoms with E-state index in [1.54, 1.807) is 0 Å². The number of amides is 2. The molecule has 1 saturated heterocycles. The zero-order valence-electron chi connectivity index (χ0n) is 11.1. The minimum absolute atomic E-state index is 0.0637. The molecule has 21 heavy (non-hydrogen) atoms. The summed E-state index contributed by atoms with van der Waals surface area (Å²) in [6, 6.07) is 3.09. The van der Waals surface area contributed by atoms with Crippen LogP contribution in [0.5, 0.6) is 5.75 Å². The van der Waals surface area contributed by atoms with Crippen LogP contribution in [0.25, 0.3) is 0 Å². The van der Waals surface area contributed by atoms with Crippen molar-refractivity contribution in [3.05, 3.63) is 28.3 Å². The van der Waals surface area contributed by atoms with Crippen molar-refractivity contribution in [1.82, 2.24) is 5.32 Å². The average Bonchev–Trinajstić information content (AvgIpc) is 2.43. The summed E-state index contributed by atoms with van der Waals surface area (Å²) in [6.45, 7) is 0.806. The van der Waals surface area contributed by atoms with E-state index in [1.807, 2.05) is 0 Å². The van der Waals surface area contributed by atoms with Gasteiger partial charge in [0.1, 0.15) is 11.9 Å². The highest BCUT2D eigenvalue weighted by Crippen LogP contribution is 2.30. The highest BCUT2D eigenvalue weighted by Gasteiger charge is 2.23. The van der Waals surface area contributed by atoms with E-state index in [-0.39, 0.29) is 23.2 Å². The van der Waals surface area contributed by atoms with Crippen molar-refractivity contribution in [3.63, 3.8) is 0 Å².